The molecule has 9 nitrogen and oxygen atoms in total. The lowest BCUT2D eigenvalue weighted by Gasteiger charge is -2.17. The number of amides is 3. The molecule has 3 rings (SSSR count). The summed E-state index contributed by atoms with van der Waals surface area (Å²) in [5.74, 6) is -2.15. The molecule has 0 aliphatic carbocycles. The van der Waals surface area contributed by atoms with E-state index >= 15 is 0 Å². The van der Waals surface area contributed by atoms with Gasteiger partial charge in [-0.25, -0.2) is 4.79 Å². The predicted molar refractivity (Wildman–Crippen MR) is 133 cm³/mol. The van der Waals surface area contributed by atoms with E-state index in [0.29, 0.717) is 5.69 Å². The molecule has 0 saturated carbocycles. The first kappa shape index (κ1) is 25.5. The fourth-order valence-electron chi connectivity index (χ4n) is 3.99. The van der Waals surface area contributed by atoms with Gasteiger partial charge >= 0.3 is 5.97 Å². The van der Waals surface area contributed by atoms with Crippen molar-refractivity contribution < 1.29 is 23.9 Å². The van der Waals surface area contributed by atoms with Gasteiger partial charge in [-0.2, -0.15) is 0 Å². The maximum absolute atomic E-state index is 12.6. The summed E-state index contributed by atoms with van der Waals surface area (Å²) in [6, 6.07) is 10.6. The third-order valence-electron chi connectivity index (χ3n) is 5.49. The van der Waals surface area contributed by atoms with Crippen molar-refractivity contribution >= 4 is 40.3 Å². The minimum absolute atomic E-state index is 0.196. The number of para-hydroxylation sites is 1. The highest BCUT2D eigenvalue weighted by atomic mass is 16.5. The standard InChI is InChI=1S/C26H30N4O5/c1-15-9-16(2)25(17(3)10-15)30-23(32)13-28-24(33)14-35-26(34)22(29-18(4)31)11-19-12-27-21-8-6-5-7-20(19)21/h5-10,12,22,27H,11,13-14H2,1-4H3,(H,28,33)(H,29,31)(H,30,32)/t22-/m0/s1. The molecule has 35 heavy (non-hydrogen) atoms. The third-order valence-corrected chi connectivity index (χ3v) is 5.49. The normalized spacial score (nSPS) is 11.5. The van der Waals surface area contributed by atoms with Gasteiger partial charge in [0.2, 0.25) is 11.8 Å². The molecule has 0 aliphatic rings. The van der Waals surface area contributed by atoms with Crippen LogP contribution in [0, 0.1) is 20.8 Å². The summed E-state index contributed by atoms with van der Waals surface area (Å²) in [6.07, 6.45) is 1.97. The molecule has 0 saturated heterocycles. The van der Waals surface area contributed by atoms with Gasteiger partial charge in [-0.3, -0.25) is 14.4 Å². The summed E-state index contributed by atoms with van der Waals surface area (Å²) in [7, 11) is 0. The van der Waals surface area contributed by atoms with Crippen LogP contribution in [-0.4, -0.2) is 47.9 Å². The summed E-state index contributed by atoms with van der Waals surface area (Å²) >= 11 is 0. The lowest BCUT2D eigenvalue weighted by Crippen LogP contribution is -2.44. The predicted octanol–water partition coefficient (Wildman–Crippen LogP) is 2.44. The molecule has 0 unspecified atom stereocenters. The molecule has 0 radical (unpaired) electrons. The van der Waals surface area contributed by atoms with Crippen molar-refractivity contribution in [3.05, 3.63) is 64.8 Å². The van der Waals surface area contributed by atoms with E-state index in [1.807, 2.05) is 57.2 Å². The van der Waals surface area contributed by atoms with Gasteiger partial charge < -0.3 is 25.7 Å². The fraction of sp³-hybridized carbons (Fsp3) is 0.308. The minimum Gasteiger partial charge on any atom is -0.454 e. The van der Waals surface area contributed by atoms with Crippen LogP contribution < -0.4 is 16.0 Å². The van der Waals surface area contributed by atoms with E-state index < -0.39 is 36.3 Å². The van der Waals surface area contributed by atoms with Crippen LogP contribution in [-0.2, 0) is 30.3 Å². The highest BCUT2D eigenvalue weighted by molar-refractivity contribution is 5.96. The Morgan fingerprint density at radius 2 is 1.69 bits per heavy atom. The molecule has 1 aromatic heterocycles. The highest BCUT2D eigenvalue weighted by Crippen LogP contribution is 2.22. The maximum atomic E-state index is 12.6. The van der Waals surface area contributed by atoms with Gasteiger partial charge in [0.15, 0.2) is 6.61 Å². The van der Waals surface area contributed by atoms with Gasteiger partial charge in [-0.15, -0.1) is 0 Å². The Morgan fingerprint density at radius 3 is 2.37 bits per heavy atom. The van der Waals surface area contributed by atoms with E-state index in [-0.39, 0.29) is 13.0 Å². The molecule has 184 valence electrons. The Kier molecular flexibility index (Phi) is 8.25. The summed E-state index contributed by atoms with van der Waals surface area (Å²) < 4.78 is 5.12. The number of anilines is 1. The first-order chi connectivity index (χ1) is 16.6. The molecule has 2 aromatic carbocycles. The second kappa shape index (κ2) is 11.3. The number of aryl methyl sites for hydroxylation is 3. The second-order valence-electron chi connectivity index (χ2n) is 8.52. The fourth-order valence-corrected chi connectivity index (χ4v) is 3.99. The molecule has 0 fully saturated rings. The lowest BCUT2D eigenvalue weighted by atomic mass is 10.0. The van der Waals surface area contributed by atoms with E-state index in [1.165, 1.54) is 6.92 Å². The van der Waals surface area contributed by atoms with Crippen LogP contribution in [0.15, 0.2) is 42.6 Å². The molecule has 4 N–H and O–H groups in total. The number of H-pyrrole nitrogens is 1. The Morgan fingerprint density at radius 1 is 1.00 bits per heavy atom. The van der Waals surface area contributed by atoms with Crippen molar-refractivity contribution in [3.8, 4) is 0 Å². The van der Waals surface area contributed by atoms with Crippen LogP contribution in [0.1, 0.15) is 29.2 Å². The van der Waals surface area contributed by atoms with Crippen molar-refractivity contribution in [2.75, 3.05) is 18.5 Å². The number of ether oxygens (including phenoxy) is 1. The number of esters is 1. The van der Waals surface area contributed by atoms with Crippen molar-refractivity contribution in [1.82, 2.24) is 15.6 Å². The molecule has 0 bridgehead atoms. The number of rotatable bonds is 9. The zero-order valence-electron chi connectivity index (χ0n) is 20.3. The molecular weight excluding hydrogens is 448 g/mol. The summed E-state index contributed by atoms with van der Waals surface area (Å²) in [5, 5.41) is 8.73. The second-order valence-corrected chi connectivity index (χ2v) is 8.52. The lowest BCUT2D eigenvalue weighted by molar-refractivity contribution is -0.151. The SMILES string of the molecule is CC(=O)N[C@@H](Cc1c[nH]c2ccccc12)C(=O)OCC(=O)NCC(=O)Nc1c(C)cc(C)cc1C. The number of hydrogen-bond acceptors (Lipinski definition) is 5. The Hall–Kier alpha value is -4.14. The quantitative estimate of drug-likeness (QED) is 0.351. The van der Waals surface area contributed by atoms with Crippen molar-refractivity contribution in [3.63, 3.8) is 0 Å². The van der Waals surface area contributed by atoms with Gasteiger partial charge in [0, 0.05) is 36.1 Å². The van der Waals surface area contributed by atoms with Crippen molar-refractivity contribution in [2.24, 2.45) is 0 Å². The summed E-state index contributed by atoms with van der Waals surface area (Å²) in [6.45, 7) is 6.24. The zero-order chi connectivity index (χ0) is 25.5. The van der Waals surface area contributed by atoms with E-state index in [4.69, 9.17) is 4.74 Å². The number of nitrogens with one attached hydrogen (secondary N) is 4. The Bertz CT molecular complexity index is 1240. The van der Waals surface area contributed by atoms with E-state index in [9.17, 15) is 19.2 Å². The number of benzene rings is 2. The number of carbonyl (C=O) groups is 4. The van der Waals surface area contributed by atoms with Crippen molar-refractivity contribution in [2.45, 2.75) is 40.2 Å². The van der Waals surface area contributed by atoms with E-state index in [0.717, 1.165) is 33.2 Å². The third kappa shape index (κ3) is 6.92. The monoisotopic (exact) mass is 478 g/mol. The zero-order valence-corrected chi connectivity index (χ0v) is 20.3. The molecule has 0 spiro atoms. The number of aromatic nitrogens is 1. The maximum Gasteiger partial charge on any atom is 0.329 e. The van der Waals surface area contributed by atoms with Crippen LogP contribution in [0.5, 0.6) is 0 Å². The van der Waals surface area contributed by atoms with Crippen LogP contribution in [0.2, 0.25) is 0 Å². The van der Waals surface area contributed by atoms with Crippen LogP contribution in [0.3, 0.4) is 0 Å². The van der Waals surface area contributed by atoms with E-state index in [2.05, 4.69) is 20.9 Å². The topological polar surface area (TPSA) is 129 Å². The van der Waals surface area contributed by atoms with Gasteiger partial charge in [-0.1, -0.05) is 35.9 Å². The van der Waals surface area contributed by atoms with Gasteiger partial charge in [-0.05, 0) is 43.5 Å². The number of fused-ring (bicyclic) bond motifs is 1. The van der Waals surface area contributed by atoms with Crippen LogP contribution in [0.4, 0.5) is 5.69 Å². The van der Waals surface area contributed by atoms with E-state index in [1.54, 1.807) is 6.20 Å². The summed E-state index contributed by atoms with van der Waals surface area (Å²) in [4.78, 5) is 51.8. The minimum atomic E-state index is -0.963. The molecule has 3 amide bonds. The average molecular weight is 479 g/mol. The largest absolute Gasteiger partial charge is 0.454 e. The molecular formula is C26H30N4O5. The first-order valence-corrected chi connectivity index (χ1v) is 11.3. The van der Waals surface area contributed by atoms with Crippen LogP contribution in [0.25, 0.3) is 10.9 Å². The summed E-state index contributed by atoms with van der Waals surface area (Å²) in [5.41, 5.74) is 5.39. The number of aromatic amines is 1. The number of carbonyl (C=O) groups excluding carboxylic acids is 4. The highest BCUT2D eigenvalue weighted by Gasteiger charge is 2.24. The van der Waals surface area contributed by atoms with Gasteiger partial charge in [0.05, 0.1) is 6.54 Å². The molecule has 9 heteroatoms. The average Bonchev–Trinajstić information content (AvgIpc) is 3.20. The molecule has 1 heterocycles. The first-order valence-electron chi connectivity index (χ1n) is 11.3. The van der Waals surface area contributed by atoms with Gasteiger partial charge in [0.1, 0.15) is 6.04 Å². The van der Waals surface area contributed by atoms with Crippen LogP contribution >= 0.6 is 0 Å². The smallest absolute Gasteiger partial charge is 0.329 e. The van der Waals surface area contributed by atoms with Gasteiger partial charge in [0.25, 0.3) is 5.91 Å². The Balaban J connectivity index is 1.52. The molecule has 3 aromatic rings. The Labute approximate surface area is 203 Å². The number of hydrogen-bond donors (Lipinski definition) is 4. The molecule has 1 atom stereocenters. The van der Waals surface area contributed by atoms with Crippen molar-refractivity contribution in [1.29, 1.82) is 0 Å². The molecule has 0 aliphatic heterocycles.